The second kappa shape index (κ2) is 5.64. The van der Waals surface area contributed by atoms with Gasteiger partial charge in [0.2, 0.25) is 0 Å². The van der Waals surface area contributed by atoms with Crippen LogP contribution in [-0.2, 0) is 0 Å². The van der Waals surface area contributed by atoms with Gasteiger partial charge in [-0.25, -0.2) is 8.78 Å². The quantitative estimate of drug-likeness (QED) is 0.903. The molecule has 1 aromatic heterocycles. The summed E-state index contributed by atoms with van der Waals surface area (Å²) in [5, 5.41) is 2.40. The van der Waals surface area contributed by atoms with Gasteiger partial charge >= 0.3 is 0 Å². The molecule has 0 aliphatic heterocycles. The van der Waals surface area contributed by atoms with Crippen LogP contribution in [0.2, 0.25) is 0 Å². The number of hydrogen-bond acceptors (Lipinski definition) is 2. The molecule has 1 unspecified atom stereocenters. The first-order valence-corrected chi connectivity index (χ1v) is 5.92. The number of nitrogens with one attached hydrogen (secondary N) is 2. The van der Waals surface area contributed by atoms with Crippen molar-refractivity contribution in [3.63, 3.8) is 0 Å². The van der Waals surface area contributed by atoms with Crippen molar-refractivity contribution in [2.75, 3.05) is 0 Å². The monoisotopic (exact) mass is 278 g/mol. The van der Waals surface area contributed by atoms with E-state index in [1.54, 1.807) is 0 Å². The molecule has 0 saturated heterocycles. The van der Waals surface area contributed by atoms with Gasteiger partial charge in [-0.1, -0.05) is 6.07 Å². The fourth-order valence-corrected chi connectivity index (χ4v) is 1.86. The molecule has 0 saturated carbocycles. The SMILES string of the molecule is CC(NC(=O)c1c[nH]ccc1=O)c1c(F)cccc1F. The Labute approximate surface area is 113 Å². The van der Waals surface area contributed by atoms with E-state index >= 15 is 0 Å². The van der Waals surface area contributed by atoms with E-state index < -0.39 is 29.0 Å². The van der Waals surface area contributed by atoms with Crippen molar-refractivity contribution in [3.8, 4) is 0 Å². The number of benzene rings is 1. The Morgan fingerprint density at radius 2 is 1.90 bits per heavy atom. The molecule has 1 aromatic carbocycles. The Morgan fingerprint density at radius 1 is 1.25 bits per heavy atom. The Kier molecular flexibility index (Phi) is 3.93. The summed E-state index contributed by atoms with van der Waals surface area (Å²) in [6, 6.07) is 3.75. The minimum atomic E-state index is -0.900. The van der Waals surface area contributed by atoms with E-state index in [9.17, 15) is 18.4 Å². The molecular weight excluding hydrogens is 266 g/mol. The van der Waals surface area contributed by atoms with E-state index in [4.69, 9.17) is 0 Å². The first-order chi connectivity index (χ1) is 9.50. The number of carbonyl (C=O) groups excluding carboxylic acids is 1. The summed E-state index contributed by atoms with van der Waals surface area (Å²) < 4.78 is 27.1. The van der Waals surface area contributed by atoms with E-state index in [-0.39, 0.29) is 11.1 Å². The number of carbonyl (C=O) groups is 1. The maximum absolute atomic E-state index is 13.6. The van der Waals surface area contributed by atoms with Crippen LogP contribution in [0.25, 0.3) is 0 Å². The molecule has 1 atom stereocenters. The maximum Gasteiger partial charge on any atom is 0.257 e. The zero-order chi connectivity index (χ0) is 14.7. The maximum atomic E-state index is 13.6. The number of amides is 1. The minimum Gasteiger partial charge on any atom is -0.367 e. The van der Waals surface area contributed by atoms with Crippen LogP contribution >= 0.6 is 0 Å². The summed E-state index contributed by atoms with van der Waals surface area (Å²) in [7, 11) is 0. The molecule has 0 radical (unpaired) electrons. The Balaban J connectivity index is 2.24. The molecule has 6 heteroatoms. The zero-order valence-corrected chi connectivity index (χ0v) is 10.6. The number of hydrogen-bond donors (Lipinski definition) is 2. The fraction of sp³-hybridized carbons (Fsp3) is 0.143. The Morgan fingerprint density at radius 3 is 2.50 bits per heavy atom. The minimum absolute atomic E-state index is 0.115. The Bertz CT molecular complexity index is 677. The van der Waals surface area contributed by atoms with Crippen molar-refractivity contribution in [1.29, 1.82) is 0 Å². The highest BCUT2D eigenvalue weighted by Gasteiger charge is 2.19. The van der Waals surface area contributed by atoms with Gasteiger partial charge in [0, 0.05) is 24.0 Å². The van der Waals surface area contributed by atoms with Crippen LogP contribution in [0.4, 0.5) is 8.78 Å². The number of rotatable bonds is 3. The van der Waals surface area contributed by atoms with E-state index in [1.165, 1.54) is 31.5 Å². The molecule has 1 heterocycles. The lowest BCUT2D eigenvalue weighted by atomic mass is 10.1. The van der Waals surface area contributed by atoms with Crippen molar-refractivity contribution in [1.82, 2.24) is 10.3 Å². The van der Waals surface area contributed by atoms with Gasteiger partial charge in [0.15, 0.2) is 5.43 Å². The van der Waals surface area contributed by atoms with E-state index in [1.807, 2.05) is 0 Å². The average Bonchev–Trinajstić information content (AvgIpc) is 2.38. The molecule has 0 aliphatic rings. The standard InChI is InChI=1S/C14H12F2N2O2/c1-8(13-10(15)3-2-4-11(13)16)18-14(20)9-7-17-6-5-12(9)19/h2-8H,1H3,(H,17,19)(H,18,20). The third-order valence-electron chi connectivity index (χ3n) is 2.85. The second-order valence-electron chi connectivity index (χ2n) is 4.25. The topological polar surface area (TPSA) is 62.0 Å². The highest BCUT2D eigenvalue weighted by atomic mass is 19.1. The van der Waals surface area contributed by atoms with Gasteiger partial charge in [-0.05, 0) is 19.1 Å². The van der Waals surface area contributed by atoms with Crippen LogP contribution < -0.4 is 10.7 Å². The van der Waals surface area contributed by atoms with Crippen LogP contribution in [0, 0.1) is 11.6 Å². The van der Waals surface area contributed by atoms with Gasteiger partial charge < -0.3 is 10.3 Å². The molecule has 2 aromatic rings. The molecule has 0 aliphatic carbocycles. The predicted octanol–water partition coefficient (Wildman–Crippen LogP) is 2.14. The molecule has 0 bridgehead atoms. The summed E-state index contributed by atoms with van der Waals surface area (Å²) >= 11 is 0. The van der Waals surface area contributed by atoms with Crippen LogP contribution in [0.15, 0.2) is 41.5 Å². The van der Waals surface area contributed by atoms with E-state index in [0.29, 0.717) is 0 Å². The number of aromatic amines is 1. The van der Waals surface area contributed by atoms with Crippen molar-refractivity contribution in [2.45, 2.75) is 13.0 Å². The zero-order valence-electron chi connectivity index (χ0n) is 10.6. The molecule has 2 N–H and O–H groups in total. The summed E-state index contributed by atoms with van der Waals surface area (Å²) in [5.41, 5.74) is -0.827. The molecule has 2 rings (SSSR count). The molecule has 20 heavy (non-hydrogen) atoms. The molecule has 0 fully saturated rings. The van der Waals surface area contributed by atoms with Crippen molar-refractivity contribution < 1.29 is 13.6 Å². The molecule has 1 amide bonds. The Hall–Kier alpha value is -2.50. The first-order valence-electron chi connectivity index (χ1n) is 5.92. The fourth-order valence-electron chi connectivity index (χ4n) is 1.86. The lowest BCUT2D eigenvalue weighted by Gasteiger charge is -2.15. The predicted molar refractivity (Wildman–Crippen MR) is 69.3 cm³/mol. The summed E-state index contributed by atoms with van der Waals surface area (Å²) in [4.78, 5) is 26.0. The summed E-state index contributed by atoms with van der Waals surface area (Å²) in [5.74, 6) is -2.19. The van der Waals surface area contributed by atoms with Gasteiger partial charge in [-0.15, -0.1) is 0 Å². The van der Waals surface area contributed by atoms with Gasteiger partial charge in [-0.3, -0.25) is 9.59 Å². The number of halogens is 2. The molecule has 0 spiro atoms. The average molecular weight is 278 g/mol. The normalized spacial score (nSPS) is 11.9. The van der Waals surface area contributed by atoms with Crippen LogP contribution in [-0.4, -0.2) is 10.9 Å². The van der Waals surface area contributed by atoms with Gasteiger partial charge in [0.1, 0.15) is 17.2 Å². The number of pyridine rings is 1. The van der Waals surface area contributed by atoms with Crippen molar-refractivity contribution >= 4 is 5.91 Å². The van der Waals surface area contributed by atoms with Gasteiger partial charge in [-0.2, -0.15) is 0 Å². The molecule has 104 valence electrons. The van der Waals surface area contributed by atoms with E-state index in [2.05, 4.69) is 10.3 Å². The third kappa shape index (κ3) is 2.74. The second-order valence-corrected chi connectivity index (χ2v) is 4.25. The largest absolute Gasteiger partial charge is 0.367 e. The van der Waals surface area contributed by atoms with Gasteiger partial charge in [0.05, 0.1) is 6.04 Å². The van der Waals surface area contributed by atoms with Crippen LogP contribution in [0.3, 0.4) is 0 Å². The summed E-state index contributed by atoms with van der Waals surface area (Å²) in [6.45, 7) is 1.44. The lowest BCUT2D eigenvalue weighted by Crippen LogP contribution is -2.31. The van der Waals surface area contributed by atoms with Gasteiger partial charge in [0.25, 0.3) is 5.91 Å². The highest BCUT2D eigenvalue weighted by molar-refractivity contribution is 5.93. The smallest absolute Gasteiger partial charge is 0.257 e. The summed E-state index contributed by atoms with van der Waals surface area (Å²) in [6.07, 6.45) is 2.63. The third-order valence-corrected chi connectivity index (χ3v) is 2.85. The molecular formula is C14H12F2N2O2. The van der Waals surface area contributed by atoms with E-state index in [0.717, 1.165) is 12.1 Å². The highest BCUT2D eigenvalue weighted by Crippen LogP contribution is 2.20. The molecule has 4 nitrogen and oxygen atoms in total. The number of aromatic nitrogens is 1. The number of H-pyrrole nitrogens is 1. The van der Waals surface area contributed by atoms with Crippen molar-refractivity contribution in [2.24, 2.45) is 0 Å². The van der Waals surface area contributed by atoms with Crippen LogP contribution in [0.1, 0.15) is 28.9 Å². The lowest BCUT2D eigenvalue weighted by molar-refractivity contribution is 0.0937. The van der Waals surface area contributed by atoms with Crippen LogP contribution in [0.5, 0.6) is 0 Å². The van der Waals surface area contributed by atoms with Crippen molar-refractivity contribution in [3.05, 3.63) is 69.6 Å². The first kappa shape index (κ1) is 13.9.